The standard InChI is InChI=1S/C21H22F3N3O4S/c1-31-18-12-17(27(29)30)14(11-19(18)32-2)20(28)25-15-10-13(21(22,23)24)6-7-16(15)26-8-4-3-5-9-26/h6-7,10-12H,3-5,8-9H2,1-2H3,(H,25,28). The maximum absolute atomic E-state index is 13.3. The highest BCUT2D eigenvalue weighted by Crippen LogP contribution is 2.38. The van der Waals surface area contributed by atoms with Gasteiger partial charge >= 0.3 is 6.18 Å². The van der Waals surface area contributed by atoms with Gasteiger partial charge in [-0.25, -0.2) is 0 Å². The first-order chi connectivity index (χ1) is 15.2. The molecule has 1 amide bonds. The number of carbonyl (C=O) groups excluding carboxylic acids is 1. The van der Waals surface area contributed by atoms with Gasteiger partial charge < -0.3 is 15.0 Å². The number of carbonyl (C=O) groups is 1. The summed E-state index contributed by atoms with van der Waals surface area (Å²) in [4.78, 5) is 26.3. The number of alkyl halides is 3. The first kappa shape index (κ1) is 23.7. The van der Waals surface area contributed by atoms with Crippen LogP contribution in [0.5, 0.6) is 5.75 Å². The molecule has 2 aromatic rings. The minimum absolute atomic E-state index is 0.0393. The van der Waals surface area contributed by atoms with Crippen LogP contribution in [-0.2, 0) is 6.18 Å². The van der Waals surface area contributed by atoms with Crippen LogP contribution in [0.1, 0.15) is 35.2 Å². The number of nitrogens with zero attached hydrogens (tertiary/aromatic N) is 2. The third-order valence-corrected chi connectivity index (χ3v) is 5.97. The van der Waals surface area contributed by atoms with E-state index >= 15 is 0 Å². The van der Waals surface area contributed by atoms with Crippen molar-refractivity contribution in [1.29, 1.82) is 0 Å². The third-order valence-electron chi connectivity index (χ3n) is 5.21. The lowest BCUT2D eigenvalue weighted by Gasteiger charge is -2.31. The smallest absolute Gasteiger partial charge is 0.416 e. The lowest BCUT2D eigenvalue weighted by molar-refractivity contribution is -0.385. The molecule has 1 heterocycles. The van der Waals surface area contributed by atoms with Crippen molar-refractivity contribution in [2.24, 2.45) is 0 Å². The Hall–Kier alpha value is -2.95. The summed E-state index contributed by atoms with van der Waals surface area (Å²) in [6.45, 7) is 1.29. The monoisotopic (exact) mass is 469 g/mol. The van der Waals surface area contributed by atoms with E-state index in [9.17, 15) is 28.1 Å². The third kappa shape index (κ3) is 5.09. The number of rotatable bonds is 6. The molecule has 0 aliphatic carbocycles. The van der Waals surface area contributed by atoms with E-state index in [0.29, 0.717) is 23.7 Å². The summed E-state index contributed by atoms with van der Waals surface area (Å²) in [5, 5.41) is 14.0. The molecule has 0 radical (unpaired) electrons. The Bertz CT molecular complexity index is 1020. The van der Waals surface area contributed by atoms with Gasteiger partial charge in [-0.3, -0.25) is 14.9 Å². The molecule has 1 N–H and O–H groups in total. The largest absolute Gasteiger partial charge is 0.495 e. The van der Waals surface area contributed by atoms with Gasteiger partial charge in [-0.05, 0) is 49.8 Å². The molecule has 7 nitrogen and oxygen atoms in total. The topological polar surface area (TPSA) is 84.7 Å². The fourth-order valence-corrected chi connectivity index (χ4v) is 4.19. The van der Waals surface area contributed by atoms with Crippen molar-refractivity contribution in [3.05, 3.63) is 51.6 Å². The number of hydrogen-bond donors (Lipinski definition) is 1. The summed E-state index contributed by atoms with van der Waals surface area (Å²) in [5.74, 6) is -0.638. The minimum atomic E-state index is -4.60. The first-order valence-electron chi connectivity index (χ1n) is 9.83. The number of halogens is 3. The molecule has 0 unspecified atom stereocenters. The van der Waals surface area contributed by atoms with Crippen LogP contribution in [-0.4, -0.2) is 37.3 Å². The van der Waals surface area contributed by atoms with Gasteiger partial charge in [0.25, 0.3) is 11.6 Å². The Morgan fingerprint density at radius 2 is 1.88 bits per heavy atom. The zero-order valence-corrected chi connectivity index (χ0v) is 18.3. The van der Waals surface area contributed by atoms with E-state index in [2.05, 4.69) is 5.32 Å². The predicted octanol–water partition coefficient (Wildman–Crippen LogP) is 5.59. The average molecular weight is 469 g/mol. The van der Waals surface area contributed by atoms with Crippen molar-refractivity contribution < 1.29 is 27.6 Å². The average Bonchev–Trinajstić information content (AvgIpc) is 2.77. The van der Waals surface area contributed by atoms with Crippen LogP contribution in [0.4, 0.5) is 30.2 Å². The molecule has 2 aromatic carbocycles. The Kier molecular flexibility index (Phi) is 7.17. The van der Waals surface area contributed by atoms with E-state index in [4.69, 9.17) is 4.74 Å². The quantitative estimate of drug-likeness (QED) is 0.337. The molecular formula is C21H22F3N3O4S. The normalized spacial score (nSPS) is 14.2. The van der Waals surface area contributed by atoms with Crippen molar-refractivity contribution in [1.82, 2.24) is 0 Å². The maximum atomic E-state index is 13.3. The zero-order valence-electron chi connectivity index (χ0n) is 17.5. The van der Waals surface area contributed by atoms with Gasteiger partial charge in [0.1, 0.15) is 11.3 Å². The molecular weight excluding hydrogens is 447 g/mol. The fraction of sp³-hybridized carbons (Fsp3) is 0.381. The summed E-state index contributed by atoms with van der Waals surface area (Å²) in [5.41, 5.74) is -1.26. The lowest BCUT2D eigenvalue weighted by Crippen LogP contribution is -2.30. The van der Waals surface area contributed by atoms with Crippen LogP contribution in [0.25, 0.3) is 0 Å². The van der Waals surface area contributed by atoms with Crippen molar-refractivity contribution in [2.75, 3.05) is 36.7 Å². The predicted molar refractivity (Wildman–Crippen MR) is 117 cm³/mol. The fourth-order valence-electron chi connectivity index (χ4n) is 3.61. The molecule has 3 rings (SSSR count). The van der Waals surface area contributed by atoms with E-state index in [1.54, 1.807) is 6.26 Å². The minimum Gasteiger partial charge on any atom is -0.495 e. The summed E-state index contributed by atoms with van der Waals surface area (Å²) < 4.78 is 45.1. The van der Waals surface area contributed by atoms with Gasteiger partial charge in [0, 0.05) is 13.1 Å². The number of nitro benzene ring substituents is 1. The zero-order chi connectivity index (χ0) is 23.5. The van der Waals surface area contributed by atoms with Crippen LogP contribution in [0.2, 0.25) is 0 Å². The number of amides is 1. The van der Waals surface area contributed by atoms with Gasteiger partial charge in [0.05, 0.1) is 39.9 Å². The molecule has 1 fully saturated rings. The molecule has 32 heavy (non-hydrogen) atoms. The highest BCUT2D eigenvalue weighted by atomic mass is 32.2. The second kappa shape index (κ2) is 9.68. The van der Waals surface area contributed by atoms with Gasteiger partial charge in [0.15, 0.2) is 0 Å². The van der Waals surface area contributed by atoms with E-state index in [1.165, 1.54) is 31.0 Å². The number of piperidine rings is 1. The number of thioether (sulfide) groups is 1. The molecule has 1 aliphatic heterocycles. The van der Waals surface area contributed by atoms with Crippen LogP contribution in [0, 0.1) is 10.1 Å². The van der Waals surface area contributed by atoms with Crippen molar-refractivity contribution in [3.63, 3.8) is 0 Å². The second-order valence-corrected chi connectivity index (χ2v) is 8.06. The van der Waals surface area contributed by atoms with Crippen LogP contribution >= 0.6 is 11.8 Å². The number of methoxy groups -OCH3 is 1. The molecule has 11 heteroatoms. The number of anilines is 2. The lowest BCUT2D eigenvalue weighted by atomic mass is 10.1. The number of nitrogens with one attached hydrogen (secondary N) is 1. The van der Waals surface area contributed by atoms with Crippen molar-refractivity contribution >= 4 is 34.7 Å². The number of hydrogen-bond acceptors (Lipinski definition) is 6. The molecule has 0 spiro atoms. The van der Waals surface area contributed by atoms with E-state index in [0.717, 1.165) is 37.5 Å². The number of benzene rings is 2. The Balaban J connectivity index is 2.05. The molecule has 0 bridgehead atoms. The van der Waals surface area contributed by atoms with Gasteiger partial charge in [-0.1, -0.05) is 0 Å². The highest BCUT2D eigenvalue weighted by Gasteiger charge is 2.32. The molecule has 0 aromatic heterocycles. The van der Waals surface area contributed by atoms with E-state index in [-0.39, 0.29) is 17.0 Å². The van der Waals surface area contributed by atoms with Gasteiger partial charge in [-0.15, -0.1) is 11.8 Å². The van der Waals surface area contributed by atoms with Gasteiger partial charge in [0.2, 0.25) is 0 Å². The summed E-state index contributed by atoms with van der Waals surface area (Å²) in [6, 6.07) is 5.62. The van der Waals surface area contributed by atoms with Crippen LogP contribution in [0.15, 0.2) is 35.2 Å². The van der Waals surface area contributed by atoms with Gasteiger partial charge in [-0.2, -0.15) is 13.2 Å². The second-order valence-electron chi connectivity index (χ2n) is 7.21. The molecule has 172 valence electrons. The van der Waals surface area contributed by atoms with E-state index in [1.807, 2.05) is 4.90 Å². The first-order valence-corrected chi connectivity index (χ1v) is 11.1. The molecule has 1 aliphatic rings. The van der Waals surface area contributed by atoms with Crippen LogP contribution in [0.3, 0.4) is 0 Å². The molecule has 0 atom stereocenters. The molecule has 1 saturated heterocycles. The Morgan fingerprint density at radius 1 is 1.19 bits per heavy atom. The Labute approximate surface area is 187 Å². The SMILES string of the molecule is COc1cc([N+](=O)[O-])c(C(=O)Nc2cc(C(F)(F)F)ccc2N2CCCCC2)cc1SC. The maximum Gasteiger partial charge on any atom is 0.416 e. The number of ether oxygens (including phenoxy) is 1. The molecule has 0 saturated carbocycles. The van der Waals surface area contributed by atoms with E-state index < -0.39 is 28.3 Å². The van der Waals surface area contributed by atoms with Crippen LogP contribution < -0.4 is 15.0 Å². The summed E-state index contributed by atoms with van der Waals surface area (Å²) in [7, 11) is 1.35. The highest BCUT2D eigenvalue weighted by molar-refractivity contribution is 7.98. The number of nitro groups is 1. The van der Waals surface area contributed by atoms with Crippen molar-refractivity contribution in [3.8, 4) is 5.75 Å². The Morgan fingerprint density at radius 3 is 2.44 bits per heavy atom. The summed E-state index contributed by atoms with van der Waals surface area (Å²) >= 11 is 1.23. The van der Waals surface area contributed by atoms with Crippen molar-refractivity contribution in [2.45, 2.75) is 30.3 Å². The summed E-state index contributed by atoms with van der Waals surface area (Å²) in [6.07, 6.45) is -0.0934.